The summed E-state index contributed by atoms with van der Waals surface area (Å²) in [5.41, 5.74) is -0.751. The summed E-state index contributed by atoms with van der Waals surface area (Å²) in [6.45, 7) is 8.26. The van der Waals surface area contributed by atoms with E-state index < -0.39 is 23.3 Å². The first-order chi connectivity index (χ1) is 18.9. The number of rotatable bonds is 12. The maximum Gasteiger partial charge on any atom is 0.328 e. The number of hydrogen-bond donors (Lipinski definition) is 4. The van der Waals surface area contributed by atoms with Gasteiger partial charge in [0.2, 0.25) is 17.7 Å². The average molecular weight is 560 g/mol. The Morgan fingerprint density at radius 1 is 1.18 bits per heavy atom. The van der Waals surface area contributed by atoms with Crippen LogP contribution in [0.15, 0.2) is 24.4 Å². The number of carboxylic acid groups (broad SMARTS) is 1. The molecule has 3 atom stereocenters. The van der Waals surface area contributed by atoms with E-state index in [-0.39, 0.29) is 42.5 Å². The maximum atomic E-state index is 13.1. The number of hydrogen-bond acceptors (Lipinski definition) is 7. The summed E-state index contributed by atoms with van der Waals surface area (Å²) in [7, 11) is 0. The third-order valence-corrected chi connectivity index (χ3v) is 7.62. The van der Waals surface area contributed by atoms with Crippen LogP contribution in [0.3, 0.4) is 0 Å². The van der Waals surface area contributed by atoms with E-state index in [0.29, 0.717) is 31.7 Å². The van der Waals surface area contributed by atoms with Gasteiger partial charge in [0, 0.05) is 37.7 Å². The van der Waals surface area contributed by atoms with E-state index in [4.69, 9.17) is 4.74 Å². The quantitative estimate of drug-likeness (QED) is 0.305. The van der Waals surface area contributed by atoms with Crippen molar-refractivity contribution in [3.63, 3.8) is 0 Å². The van der Waals surface area contributed by atoms with Crippen molar-refractivity contribution < 1.29 is 29.0 Å². The highest BCUT2D eigenvalue weighted by atomic mass is 16.5. The van der Waals surface area contributed by atoms with Crippen molar-refractivity contribution >= 4 is 29.5 Å². The molecule has 2 fully saturated rings. The summed E-state index contributed by atoms with van der Waals surface area (Å²) in [5.74, 6) is -1.23. The van der Waals surface area contributed by atoms with Crippen molar-refractivity contribution in [1.29, 1.82) is 0 Å². The zero-order valence-electron chi connectivity index (χ0n) is 24.2. The monoisotopic (exact) mass is 559 g/mol. The number of carbonyl (C=O) groups excluding carboxylic acids is 3. The Labute approximate surface area is 236 Å². The molecule has 0 unspecified atom stereocenters. The Bertz CT molecular complexity index is 1020. The fourth-order valence-corrected chi connectivity index (χ4v) is 5.29. The zero-order chi connectivity index (χ0) is 29.3. The summed E-state index contributed by atoms with van der Waals surface area (Å²) in [4.78, 5) is 56.2. The Balaban J connectivity index is 1.50. The van der Waals surface area contributed by atoms with Crippen LogP contribution in [-0.2, 0) is 23.9 Å². The number of anilines is 1. The van der Waals surface area contributed by atoms with Crippen LogP contribution < -0.4 is 16.0 Å². The highest BCUT2D eigenvalue weighted by Gasteiger charge is 2.38. The third-order valence-electron chi connectivity index (χ3n) is 7.62. The lowest BCUT2D eigenvalue weighted by Gasteiger charge is -2.33. The number of aliphatic carboxylic acids is 1. The van der Waals surface area contributed by atoms with E-state index in [1.165, 1.54) is 0 Å². The molecule has 1 saturated heterocycles. The second-order valence-electron chi connectivity index (χ2n) is 12.5. The summed E-state index contributed by atoms with van der Waals surface area (Å²) in [6.07, 6.45) is 6.70. The number of pyridine rings is 1. The molecular formula is C29H45N5O6. The first-order valence-electron chi connectivity index (χ1n) is 14.2. The van der Waals surface area contributed by atoms with Gasteiger partial charge in [0.25, 0.3) is 0 Å². The minimum atomic E-state index is -1.23. The summed E-state index contributed by atoms with van der Waals surface area (Å²) >= 11 is 0. The molecule has 40 heavy (non-hydrogen) atoms. The zero-order valence-corrected chi connectivity index (χ0v) is 24.2. The van der Waals surface area contributed by atoms with Crippen LogP contribution in [0.1, 0.15) is 72.6 Å². The van der Waals surface area contributed by atoms with Gasteiger partial charge in [-0.15, -0.1) is 0 Å². The number of carboxylic acids is 1. The van der Waals surface area contributed by atoms with Gasteiger partial charge >= 0.3 is 5.97 Å². The van der Waals surface area contributed by atoms with E-state index in [9.17, 15) is 24.3 Å². The Morgan fingerprint density at radius 2 is 1.90 bits per heavy atom. The Kier molecular flexibility index (Phi) is 10.9. The molecular weight excluding hydrogens is 514 g/mol. The van der Waals surface area contributed by atoms with E-state index >= 15 is 0 Å². The summed E-state index contributed by atoms with van der Waals surface area (Å²) in [5, 5.41) is 18.0. The van der Waals surface area contributed by atoms with Crippen LogP contribution in [0.5, 0.6) is 0 Å². The van der Waals surface area contributed by atoms with Gasteiger partial charge in [-0.3, -0.25) is 14.4 Å². The normalized spacial score (nSPS) is 21.4. The van der Waals surface area contributed by atoms with Crippen LogP contribution in [0.2, 0.25) is 0 Å². The van der Waals surface area contributed by atoms with E-state index in [0.717, 1.165) is 32.1 Å². The van der Waals surface area contributed by atoms with Crippen molar-refractivity contribution in [2.45, 2.75) is 90.8 Å². The molecule has 3 rings (SSSR count). The van der Waals surface area contributed by atoms with Crippen LogP contribution in [-0.4, -0.2) is 83.1 Å². The minimum Gasteiger partial charge on any atom is -0.480 e. The number of aromatic nitrogens is 1. The number of nitrogens with zero attached hydrogens (tertiary/aromatic N) is 2. The minimum absolute atomic E-state index is 0.0302. The van der Waals surface area contributed by atoms with Gasteiger partial charge in [-0.2, -0.15) is 0 Å². The van der Waals surface area contributed by atoms with Crippen LogP contribution in [0, 0.1) is 10.8 Å². The predicted molar refractivity (Wildman–Crippen MR) is 150 cm³/mol. The molecule has 11 heteroatoms. The molecule has 0 spiro atoms. The molecule has 0 bridgehead atoms. The molecule has 3 amide bonds. The number of ether oxygens (including phenoxy) is 1. The molecule has 2 heterocycles. The van der Waals surface area contributed by atoms with Crippen molar-refractivity contribution in [2.75, 3.05) is 31.6 Å². The van der Waals surface area contributed by atoms with Crippen LogP contribution in [0.25, 0.3) is 0 Å². The van der Waals surface area contributed by atoms with Crippen LogP contribution >= 0.6 is 0 Å². The molecule has 1 aliphatic carbocycles. The predicted octanol–water partition coefficient (Wildman–Crippen LogP) is 2.57. The highest BCUT2D eigenvalue weighted by molar-refractivity contribution is 5.88. The lowest BCUT2D eigenvalue weighted by molar-refractivity contribution is -0.144. The molecule has 1 saturated carbocycles. The molecule has 4 N–H and O–H groups in total. The van der Waals surface area contributed by atoms with Crippen molar-refractivity contribution in [1.82, 2.24) is 20.5 Å². The molecule has 11 nitrogen and oxygen atoms in total. The second kappa shape index (κ2) is 13.9. The van der Waals surface area contributed by atoms with Gasteiger partial charge in [-0.05, 0) is 36.8 Å². The average Bonchev–Trinajstić information content (AvgIpc) is 3.32. The number of carbonyl (C=O) groups is 4. The van der Waals surface area contributed by atoms with Gasteiger partial charge in [0.1, 0.15) is 18.5 Å². The van der Waals surface area contributed by atoms with Crippen molar-refractivity contribution in [3.05, 3.63) is 24.4 Å². The highest BCUT2D eigenvalue weighted by Crippen LogP contribution is 2.36. The molecule has 222 valence electrons. The van der Waals surface area contributed by atoms with E-state index in [2.05, 4.69) is 20.9 Å². The SMILES string of the molecule is CC(C)(C)CC(=O)N1C[C@H](OCC(=O)NC[C@H](NC(=O)C2(C)CCCCC2)C(=O)O)C[C@H]1CNc1ccccn1. The Morgan fingerprint density at radius 3 is 2.52 bits per heavy atom. The van der Waals surface area contributed by atoms with E-state index in [1.807, 2.05) is 50.8 Å². The standard InChI is InChI=1S/C29H45N5O6/c1-28(2,3)15-25(36)34-18-21(14-20(34)16-31-23-10-6-9-13-30-23)40-19-24(35)32-17-22(26(37)38)33-27(39)29(4)11-7-5-8-12-29/h6,9-10,13,20-22H,5,7-8,11-12,14-19H2,1-4H3,(H,30,31)(H,32,35)(H,33,39)(H,37,38)/t20-,21+,22-/m0/s1. The van der Waals surface area contributed by atoms with Gasteiger partial charge in [-0.25, -0.2) is 9.78 Å². The fraction of sp³-hybridized carbons (Fsp3) is 0.690. The largest absolute Gasteiger partial charge is 0.480 e. The summed E-state index contributed by atoms with van der Waals surface area (Å²) in [6, 6.07) is 4.22. The third kappa shape index (κ3) is 9.46. The maximum absolute atomic E-state index is 13.1. The van der Waals surface area contributed by atoms with Gasteiger partial charge < -0.3 is 30.7 Å². The number of nitrogens with one attached hydrogen (secondary N) is 3. The second-order valence-corrected chi connectivity index (χ2v) is 12.5. The smallest absolute Gasteiger partial charge is 0.328 e. The molecule has 0 aromatic carbocycles. The molecule has 0 radical (unpaired) electrons. The first kappa shape index (κ1) is 31.3. The van der Waals surface area contributed by atoms with Crippen molar-refractivity contribution in [3.8, 4) is 0 Å². The van der Waals surface area contributed by atoms with Crippen molar-refractivity contribution in [2.24, 2.45) is 10.8 Å². The Hall–Kier alpha value is -3.21. The van der Waals surface area contributed by atoms with Gasteiger partial charge in [-0.1, -0.05) is 53.0 Å². The lowest BCUT2D eigenvalue weighted by Crippen LogP contribution is -2.53. The van der Waals surface area contributed by atoms with Gasteiger partial charge in [0.15, 0.2) is 0 Å². The number of likely N-dealkylation sites (tertiary alicyclic amines) is 1. The lowest BCUT2D eigenvalue weighted by atomic mass is 9.75. The molecule has 1 aromatic heterocycles. The topological polar surface area (TPSA) is 150 Å². The molecule has 2 aliphatic rings. The summed E-state index contributed by atoms with van der Waals surface area (Å²) < 4.78 is 5.86. The van der Waals surface area contributed by atoms with Crippen LogP contribution in [0.4, 0.5) is 5.82 Å². The molecule has 1 aliphatic heterocycles. The number of amides is 3. The molecule has 1 aromatic rings. The fourth-order valence-electron chi connectivity index (χ4n) is 5.29. The van der Waals surface area contributed by atoms with E-state index in [1.54, 1.807) is 6.20 Å². The van der Waals surface area contributed by atoms with Gasteiger partial charge in [0.05, 0.1) is 12.1 Å². The first-order valence-corrected chi connectivity index (χ1v) is 14.2.